The van der Waals surface area contributed by atoms with Gasteiger partial charge in [-0.25, -0.2) is 4.98 Å². The third kappa shape index (κ3) is 1.80. The molecule has 1 aliphatic rings. The van der Waals surface area contributed by atoms with E-state index >= 15 is 0 Å². The Kier molecular flexibility index (Phi) is 2.98. The van der Waals surface area contributed by atoms with Crippen LogP contribution in [0.3, 0.4) is 0 Å². The number of halogens is 2. The van der Waals surface area contributed by atoms with Gasteiger partial charge in [0.2, 0.25) is 0 Å². The highest BCUT2D eigenvalue weighted by molar-refractivity contribution is 6.42. The topological polar surface area (TPSA) is 58.3 Å². The van der Waals surface area contributed by atoms with Crippen LogP contribution in [0.25, 0.3) is 11.0 Å². The molecule has 3 rings (SSSR count). The van der Waals surface area contributed by atoms with Crippen molar-refractivity contribution < 1.29 is 10.2 Å². The molecule has 4 nitrogen and oxygen atoms in total. The van der Waals surface area contributed by atoms with E-state index in [2.05, 4.69) is 4.98 Å². The molecule has 1 aromatic carbocycles. The van der Waals surface area contributed by atoms with E-state index in [4.69, 9.17) is 23.2 Å². The van der Waals surface area contributed by atoms with E-state index in [1.165, 1.54) is 0 Å². The summed E-state index contributed by atoms with van der Waals surface area (Å²) in [6.07, 6.45) is 1.52. The third-order valence-electron chi connectivity index (χ3n) is 3.52. The standard InChI is InChI=1S/C12H12Cl2N2O2/c13-6-3-8-10(4-7(6)14)16(5-15-8)9-1-2-11(17)12(9)18/h3-5,9,11-12,17-18H,1-2H2/t9-,11+,12-/m1/s1. The molecule has 18 heavy (non-hydrogen) atoms. The van der Waals surface area contributed by atoms with Gasteiger partial charge in [0.25, 0.3) is 0 Å². The number of rotatable bonds is 1. The first-order valence-electron chi connectivity index (χ1n) is 5.75. The van der Waals surface area contributed by atoms with Crippen molar-refractivity contribution in [1.82, 2.24) is 9.55 Å². The van der Waals surface area contributed by atoms with E-state index in [9.17, 15) is 10.2 Å². The van der Waals surface area contributed by atoms with Crippen LogP contribution >= 0.6 is 23.2 Å². The molecule has 0 aliphatic heterocycles. The van der Waals surface area contributed by atoms with Crippen LogP contribution in [0.4, 0.5) is 0 Å². The second kappa shape index (κ2) is 4.38. The van der Waals surface area contributed by atoms with Crippen molar-refractivity contribution in [3.8, 4) is 0 Å². The van der Waals surface area contributed by atoms with Crippen molar-refractivity contribution in [3.63, 3.8) is 0 Å². The van der Waals surface area contributed by atoms with Gasteiger partial charge in [0.05, 0.1) is 39.6 Å². The second-order valence-corrected chi connectivity index (χ2v) is 5.42. The zero-order valence-electron chi connectivity index (χ0n) is 9.42. The lowest BCUT2D eigenvalue weighted by Crippen LogP contribution is -2.26. The number of benzene rings is 1. The second-order valence-electron chi connectivity index (χ2n) is 4.61. The quantitative estimate of drug-likeness (QED) is 0.846. The smallest absolute Gasteiger partial charge is 0.101 e. The van der Waals surface area contributed by atoms with Gasteiger partial charge in [-0.15, -0.1) is 0 Å². The number of hydrogen-bond acceptors (Lipinski definition) is 3. The fourth-order valence-electron chi connectivity index (χ4n) is 2.53. The summed E-state index contributed by atoms with van der Waals surface area (Å²) < 4.78 is 1.86. The Morgan fingerprint density at radius 2 is 1.89 bits per heavy atom. The summed E-state index contributed by atoms with van der Waals surface area (Å²) in [5, 5.41) is 20.5. The number of aliphatic hydroxyl groups is 2. The Bertz CT molecular complexity index is 599. The van der Waals surface area contributed by atoms with E-state index in [0.717, 1.165) is 11.0 Å². The van der Waals surface area contributed by atoms with Crippen LogP contribution in [-0.2, 0) is 0 Å². The van der Waals surface area contributed by atoms with Crippen LogP contribution in [0, 0.1) is 0 Å². The average molecular weight is 287 g/mol. The van der Waals surface area contributed by atoms with Gasteiger partial charge in [0, 0.05) is 0 Å². The molecule has 2 N–H and O–H groups in total. The Labute approximate surface area is 114 Å². The molecule has 0 bridgehead atoms. The fraction of sp³-hybridized carbons (Fsp3) is 0.417. The maximum absolute atomic E-state index is 9.95. The zero-order chi connectivity index (χ0) is 12.9. The van der Waals surface area contributed by atoms with E-state index in [1.807, 2.05) is 4.57 Å². The average Bonchev–Trinajstić information content (AvgIpc) is 2.86. The minimum Gasteiger partial charge on any atom is -0.390 e. The Hall–Kier alpha value is -0.810. The summed E-state index contributed by atoms with van der Waals surface area (Å²) in [5.41, 5.74) is 1.56. The highest BCUT2D eigenvalue weighted by Gasteiger charge is 2.35. The molecule has 1 saturated carbocycles. The largest absolute Gasteiger partial charge is 0.390 e. The first-order chi connectivity index (χ1) is 8.58. The minimum absolute atomic E-state index is 0.165. The number of nitrogens with zero attached hydrogens (tertiary/aromatic N) is 2. The van der Waals surface area contributed by atoms with E-state index < -0.39 is 12.2 Å². The number of aromatic nitrogens is 2. The molecule has 1 aromatic heterocycles. The minimum atomic E-state index is -0.767. The number of fused-ring (bicyclic) bond motifs is 1. The first kappa shape index (κ1) is 12.2. The molecule has 0 amide bonds. The van der Waals surface area contributed by atoms with Crippen molar-refractivity contribution in [2.24, 2.45) is 0 Å². The molecule has 2 aromatic rings. The van der Waals surface area contributed by atoms with Gasteiger partial charge in [0.15, 0.2) is 0 Å². The van der Waals surface area contributed by atoms with Gasteiger partial charge in [-0.3, -0.25) is 0 Å². The molecule has 96 valence electrons. The molecule has 1 heterocycles. The maximum Gasteiger partial charge on any atom is 0.101 e. The van der Waals surface area contributed by atoms with Gasteiger partial charge in [-0.1, -0.05) is 23.2 Å². The molecule has 6 heteroatoms. The maximum atomic E-state index is 9.95. The summed E-state index contributed by atoms with van der Waals surface area (Å²) in [6, 6.07) is 3.28. The molecule has 0 spiro atoms. The van der Waals surface area contributed by atoms with Crippen LogP contribution in [0.15, 0.2) is 18.5 Å². The van der Waals surface area contributed by atoms with Crippen molar-refractivity contribution in [1.29, 1.82) is 0 Å². The SMILES string of the molecule is O[C@@H]1[C@H](n2cnc3cc(Cl)c(Cl)cc32)CC[C@@H]1O. The molecular formula is C12H12Cl2N2O2. The van der Waals surface area contributed by atoms with Crippen LogP contribution in [0.5, 0.6) is 0 Å². The van der Waals surface area contributed by atoms with Crippen molar-refractivity contribution in [2.45, 2.75) is 31.1 Å². The summed E-state index contributed by atoms with van der Waals surface area (Å²) in [5.74, 6) is 0. The van der Waals surface area contributed by atoms with E-state index in [1.54, 1.807) is 18.5 Å². The summed E-state index contributed by atoms with van der Waals surface area (Å²) in [7, 11) is 0. The molecule has 0 radical (unpaired) electrons. The molecule has 1 aliphatic carbocycles. The van der Waals surface area contributed by atoms with Gasteiger partial charge < -0.3 is 14.8 Å². The third-order valence-corrected chi connectivity index (χ3v) is 4.24. The van der Waals surface area contributed by atoms with Crippen molar-refractivity contribution in [3.05, 3.63) is 28.5 Å². The zero-order valence-corrected chi connectivity index (χ0v) is 10.9. The van der Waals surface area contributed by atoms with Crippen LogP contribution in [-0.4, -0.2) is 32.0 Å². The Balaban J connectivity index is 2.10. The van der Waals surface area contributed by atoms with Crippen molar-refractivity contribution >= 4 is 34.2 Å². The van der Waals surface area contributed by atoms with Gasteiger partial charge >= 0.3 is 0 Å². The van der Waals surface area contributed by atoms with Gasteiger partial charge in [0.1, 0.15) is 6.10 Å². The number of hydrogen-bond donors (Lipinski definition) is 2. The monoisotopic (exact) mass is 286 g/mol. The summed E-state index contributed by atoms with van der Waals surface area (Å²) >= 11 is 11.9. The van der Waals surface area contributed by atoms with Crippen LogP contribution in [0.1, 0.15) is 18.9 Å². The predicted molar refractivity (Wildman–Crippen MR) is 70.0 cm³/mol. The predicted octanol–water partition coefficient (Wildman–Crippen LogP) is 2.40. The molecule has 3 atom stereocenters. The normalized spacial score (nSPS) is 28.1. The molecular weight excluding hydrogens is 275 g/mol. The summed E-state index contributed by atoms with van der Waals surface area (Å²) in [4.78, 5) is 4.25. The highest BCUT2D eigenvalue weighted by atomic mass is 35.5. The Morgan fingerprint density at radius 1 is 1.17 bits per heavy atom. The Morgan fingerprint density at radius 3 is 2.56 bits per heavy atom. The lowest BCUT2D eigenvalue weighted by molar-refractivity contribution is 0.0242. The lowest BCUT2D eigenvalue weighted by Gasteiger charge is -2.18. The molecule has 1 fully saturated rings. The molecule has 0 saturated heterocycles. The first-order valence-corrected chi connectivity index (χ1v) is 6.51. The summed E-state index contributed by atoms with van der Waals surface area (Å²) in [6.45, 7) is 0. The lowest BCUT2D eigenvalue weighted by atomic mass is 10.2. The van der Waals surface area contributed by atoms with Gasteiger partial charge in [-0.05, 0) is 25.0 Å². The van der Waals surface area contributed by atoms with Crippen LogP contribution in [0.2, 0.25) is 10.0 Å². The number of aliphatic hydroxyl groups excluding tert-OH is 2. The van der Waals surface area contributed by atoms with E-state index in [-0.39, 0.29) is 6.04 Å². The molecule has 0 unspecified atom stereocenters. The van der Waals surface area contributed by atoms with E-state index in [0.29, 0.717) is 22.9 Å². The number of imidazole rings is 1. The van der Waals surface area contributed by atoms with Crippen LogP contribution < -0.4 is 0 Å². The fourth-order valence-corrected chi connectivity index (χ4v) is 2.85. The highest BCUT2D eigenvalue weighted by Crippen LogP contribution is 2.35. The van der Waals surface area contributed by atoms with Gasteiger partial charge in [-0.2, -0.15) is 0 Å². The van der Waals surface area contributed by atoms with Crippen molar-refractivity contribution in [2.75, 3.05) is 0 Å².